The lowest BCUT2D eigenvalue weighted by Crippen LogP contribution is -2.26. The Hall–Kier alpha value is -2.35. The zero-order valence-corrected chi connectivity index (χ0v) is 11.6. The molecule has 0 radical (unpaired) electrons. The maximum absolute atomic E-state index is 12.0. The van der Waals surface area contributed by atoms with Crippen molar-refractivity contribution in [2.45, 2.75) is 6.54 Å². The first kappa shape index (κ1) is 14.1. The Bertz CT molecular complexity index is 724. The molecule has 0 aliphatic rings. The van der Waals surface area contributed by atoms with Gasteiger partial charge in [0.2, 0.25) is 0 Å². The molecule has 0 unspecified atom stereocenters. The van der Waals surface area contributed by atoms with Crippen LogP contribution < -0.4 is 5.69 Å². The molecule has 8 heteroatoms. The van der Waals surface area contributed by atoms with E-state index in [1.807, 2.05) is 0 Å². The highest BCUT2D eigenvalue weighted by Crippen LogP contribution is 2.12. The van der Waals surface area contributed by atoms with E-state index in [0.717, 1.165) is 21.4 Å². The molecule has 1 heterocycles. The van der Waals surface area contributed by atoms with Gasteiger partial charge in [0, 0.05) is 10.0 Å². The number of rotatable bonds is 4. The Morgan fingerprint density at radius 1 is 1.35 bits per heavy atom. The minimum absolute atomic E-state index is 0.296. The molecule has 0 saturated heterocycles. The quantitative estimate of drug-likeness (QED) is 0.481. The Morgan fingerprint density at radius 3 is 2.60 bits per heavy atom. The number of carbonyl (C=O) groups is 1. The summed E-state index contributed by atoms with van der Waals surface area (Å²) in [6, 6.07) is 6.59. The fourth-order valence-corrected chi connectivity index (χ4v) is 1.80. The third kappa shape index (κ3) is 3.15. The molecule has 1 aromatic heterocycles. The molecule has 0 amide bonds. The van der Waals surface area contributed by atoms with Gasteiger partial charge < -0.3 is 0 Å². The summed E-state index contributed by atoms with van der Waals surface area (Å²) in [6.45, 7) is -0.296. The summed E-state index contributed by atoms with van der Waals surface area (Å²) < 4.78 is 1.74. The van der Waals surface area contributed by atoms with E-state index in [-0.39, 0.29) is 18.0 Å². The molecule has 1 aromatic carbocycles. The van der Waals surface area contributed by atoms with Crippen LogP contribution in [0.2, 0.25) is 0 Å². The molecule has 0 spiro atoms. The molecular weight excluding hydrogens is 330 g/mol. The predicted molar refractivity (Wildman–Crippen MR) is 73.6 cm³/mol. The predicted octanol–water partition coefficient (Wildman–Crippen LogP) is 1.80. The number of nitrogens with zero attached hydrogens (tertiary/aromatic N) is 3. The fourth-order valence-electron chi connectivity index (χ4n) is 1.53. The van der Waals surface area contributed by atoms with Crippen molar-refractivity contribution >= 4 is 27.4 Å². The molecule has 7 nitrogen and oxygen atoms in total. The van der Waals surface area contributed by atoms with Crippen LogP contribution >= 0.6 is 15.9 Å². The van der Waals surface area contributed by atoms with Crippen molar-refractivity contribution in [3.8, 4) is 0 Å². The highest BCUT2D eigenvalue weighted by atomic mass is 79.9. The lowest BCUT2D eigenvalue weighted by Gasteiger charge is -2.04. The normalized spacial score (nSPS) is 10.2. The van der Waals surface area contributed by atoms with E-state index < -0.39 is 10.6 Å². The number of Topliss-reactive ketones (excluding diaryl/α,β-unsaturated/α-hetero) is 1. The van der Waals surface area contributed by atoms with Gasteiger partial charge in [-0.15, -0.1) is 0 Å². The van der Waals surface area contributed by atoms with Gasteiger partial charge in [-0.1, -0.05) is 28.1 Å². The van der Waals surface area contributed by atoms with E-state index in [2.05, 4.69) is 20.9 Å². The van der Waals surface area contributed by atoms with Crippen molar-refractivity contribution in [3.05, 3.63) is 67.3 Å². The van der Waals surface area contributed by atoms with Crippen LogP contribution in [0.15, 0.2) is 45.9 Å². The van der Waals surface area contributed by atoms with Gasteiger partial charge in [0.25, 0.3) is 0 Å². The number of ketones is 1. The van der Waals surface area contributed by atoms with E-state index in [1.54, 1.807) is 24.3 Å². The second-order valence-electron chi connectivity index (χ2n) is 3.91. The Labute approximate surface area is 121 Å². The van der Waals surface area contributed by atoms with Gasteiger partial charge in [-0.3, -0.25) is 19.5 Å². The van der Waals surface area contributed by atoms with E-state index in [9.17, 15) is 19.7 Å². The van der Waals surface area contributed by atoms with E-state index in [4.69, 9.17) is 0 Å². The summed E-state index contributed by atoms with van der Waals surface area (Å²) in [6.07, 6.45) is 1.87. The number of aromatic nitrogens is 2. The van der Waals surface area contributed by atoms with Gasteiger partial charge in [0.05, 0.1) is 17.7 Å². The van der Waals surface area contributed by atoms with Crippen molar-refractivity contribution in [2.75, 3.05) is 0 Å². The SMILES string of the molecule is O=C(Cn1cc([N+](=O)[O-])cnc1=O)c1ccc(Br)cc1. The molecule has 2 rings (SSSR count). The second kappa shape index (κ2) is 5.74. The Morgan fingerprint density at radius 2 is 2.00 bits per heavy atom. The minimum atomic E-state index is -0.707. The summed E-state index contributed by atoms with van der Waals surface area (Å²) in [7, 11) is 0. The number of hydrogen-bond donors (Lipinski definition) is 0. The van der Waals surface area contributed by atoms with Crippen LogP contribution in [0.25, 0.3) is 0 Å². The van der Waals surface area contributed by atoms with Crippen LogP contribution in [0.1, 0.15) is 10.4 Å². The summed E-state index contributed by atoms with van der Waals surface area (Å²) in [4.78, 5) is 36.8. The third-order valence-electron chi connectivity index (χ3n) is 2.53. The topological polar surface area (TPSA) is 95.1 Å². The van der Waals surface area contributed by atoms with Crippen LogP contribution in [-0.4, -0.2) is 20.3 Å². The Balaban J connectivity index is 2.27. The van der Waals surface area contributed by atoms with Crippen LogP contribution in [0.3, 0.4) is 0 Å². The summed E-state index contributed by atoms with van der Waals surface area (Å²) >= 11 is 3.25. The molecule has 0 fully saturated rings. The lowest BCUT2D eigenvalue weighted by atomic mass is 10.1. The maximum atomic E-state index is 12.0. The molecule has 0 aliphatic heterocycles. The molecule has 0 atom stereocenters. The van der Waals surface area contributed by atoms with Gasteiger partial charge in [0.1, 0.15) is 6.20 Å². The third-order valence-corrected chi connectivity index (χ3v) is 3.06. The lowest BCUT2D eigenvalue weighted by molar-refractivity contribution is -0.385. The van der Waals surface area contributed by atoms with Gasteiger partial charge in [-0.2, -0.15) is 4.98 Å². The monoisotopic (exact) mass is 337 g/mol. The molecule has 0 N–H and O–H groups in total. The molecule has 0 aliphatic carbocycles. The molecule has 102 valence electrons. The van der Waals surface area contributed by atoms with Crippen LogP contribution in [-0.2, 0) is 6.54 Å². The number of hydrogen-bond acceptors (Lipinski definition) is 5. The van der Waals surface area contributed by atoms with Crippen molar-refractivity contribution in [3.63, 3.8) is 0 Å². The van der Waals surface area contributed by atoms with Gasteiger partial charge in [0.15, 0.2) is 5.78 Å². The zero-order valence-electron chi connectivity index (χ0n) is 10.0. The highest BCUT2D eigenvalue weighted by molar-refractivity contribution is 9.10. The fraction of sp³-hybridized carbons (Fsp3) is 0.0833. The van der Waals surface area contributed by atoms with E-state index in [0.29, 0.717) is 5.56 Å². The van der Waals surface area contributed by atoms with Crippen molar-refractivity contribution in [2.24, 2.45) is 0 Å². The molecular formula is C12H8BrN3O4. The molecule has 0 saturated carbocycles. The van der Waals surface area contributed by atoms with Gasteiger partial charge in [-0.05, 0) is 12.1 Å². The standard InChI is InChI=1S/C12H8BrN3O4/c13-9-3-1-8(2-4-9)11(17)7-15-6-10(16(19)20)5-14-12(15)18/h1-6H,7H2. The van der Waals surface area contributed by atoms with E-state index >= 15 is 0 Å². The first-order valence-corrected chi connectivity index (χ1v) is 6.26. The number of nitro groups is 1. The summed E-state index contributed by atoms with van der Waals surface area (Å²) in [5.41, 5.74) is -0.638. The molecule has 2 aromatic rings. The number of halogens is 1. The smallest absolute Gasteiger partial charge is 0.292 e. The zero-order chi connectivity index (χ0) is 14.7. The van der Waals surface area contributed by atoms with Gasteiger partial charge >= 0.3 is 11.4 Å². The van der Waals surface area contributed by atoms with Crippen molar-refractivity contribution in [1.29, 1.82) is 0 Å². The van der Waals surface area contributed by atoms with Crippen LogP contribution in [0, 0.1) is 10.1 Å². The summed E-state index contributed by atoms with van der Waals surface area (Å²) in [5.74, 6) is -0.332. The van der Waals surface area contributed by atoms with Gasteiger partial charge in [-0.25, -0.2) is 4.79 Å². The van der Waals surface area contributed by atoms with E-state index in [1.165, 1.54) is 0 Å². The Kier molecular flexibility index (Phi) is 4.04. The average molecular weight is 338 g/mol. The number of benzene rings is 1. The highest BCUT2D eigenvalue weighted by Gasteiger charge is 2.12. The largest absolute Gasteiger partial charge is 0.348 e. The van der Waals surface area contributed by atoms with Crippen LogP contribution in [0.4, 0.5) is 5.69 Å². The number of carbonyl (C=O) groups excluding carboxylic acids is 1. The summed E-state index contributed by atoms with van der Waals surface area (Å²) in [5, 5.41) is 10.6. The molecule has 0 bridgehead atoms. The van der Waals surface area contributed by atoms with Crippen LogP contribution in [0.5, 0.6) is 0 Å². The van der Waals surface area contributed by atoms with Crippen molar-refractivity contribution in [1.82, 2.24) is 9.55 Å². The van der Waals surface area contributed by atoms with Crippen molar-refractivity contribution < 1.29 is 9.72 Å². The average Bonchev–Trinajstić information content (AvgIpc) is 2.41. The second-order valence-corrected chi connectivity index (χ2v) is 4.83. The minimum Gasteiger partial charge on any atom is -0.292 e. The maximum Gasteiger partial charge on any atom is 0.348 e. The molecule has 20 heavy (non-hydrogen) atoms. The first-order chi connectivity index (χ1) is 9.47. The first-order valence-electron chi connectivity index (χ1n) is 5.47.